The minimum Gasteiger partial charge on any atom is -0.497 e. The highest BCUT2D eigenvalue weighted by molar-refractivity contribution is 7.92. The van der Waals surface area contributed by atoms with Gasteiger partial charge >= 0.3 is 0 Å². The Morgan fingerprint density at radius 2 is 1.86 bits per heavy atom. The van der Waals surface area contributed by atoms with Crippen LogP contribution < -0.4 is 14.2 Å². The molecule has 1 aromatic carbocycles. The van der Waals surface area contributed by atoms with E-state index < -0.39 is 10.0 Å². The van der Waals surface area contributed by atoms with Crippen LogP contribution in [0.1, 0.15) is 5.56 Å². The zero-order valence-corrected chi connectivity index (χ0v) is 12.8. The van der Waals surface area contributed by atoms with Gasteiger partial charge in [-0.15, -0.1) is 0 Å². The Kier molecular flexibility index (Phi) is 4.32. The summed E-state index contributed by atoms with van der Waals surface area (Å²) in [6.07, 6.45) is 1.58. The van der Waals surface area contributed by atoms with Crippen LogP contribution in [0.4, 0.5) is 5.82 Å². The molecule has 0 bridgehead atoms. The Morgan fingerprint density at radius 3 is 2.43 bits per heavy atom. The molecule has 0 aliphatic carbocycles. The van der Waals surface area contributed by atoms with Crippen molar-refractivity contribution in [3.63, 3.8) is 0 Å². The summed E-state index contributed by atoms with van der Waals surface area (Å²) >= 11 is 0. The summed E-state index contributed by atoms with van der Waals surface area (Å²) in [6, 6.07) is 7.93. The summed E-state index contributed by atoms with van der Waals surface area (Å²) < 4.78 is 37.5. The molecule has 0 radical (unpaired) electrons. The highest BCUT2D eigenvalue weighted by Crippen LogP contribution is 2.29. The average Bonchev–Trinajstić information content (AvgIpc) is 2.48. The van der Waals surface area contributed by atoms with E-state index in [1.165, 1.54) is 26.4 Å². The molecule has 1 N–H and O–H groups in total. The number of hydrogen-bond donors (Lipinski definition) is 1. The van der Waals surface area contributed by atoms with Gasteiger partial charge in [-0.05, 0) is 30.7 Å². The summed E-state index contributed by atoms with van der Waals surface area (Å²) in [5.74, 6) is 0.897. The number of methoxy groups -OCH3 is 2. The number of hydrogen-bond acceptors (Lipinski definition) is 5. The molecule has 0 fully saturated rings. The lowest BCUT2D eigenvalue weighted by molar-refractivity contribution is 0.392. The van der Waals surface area contributed by atoms with E-state index >= 15 is 0 Å². The predicted molar refractivity (Wildman–Crippen MR) is 79.3 cm³/mol. The molecule has 2 aromatic rings. The smallest absolute Gasteiger partial charge is 0.266 e. The van der Waals surface area contributed by atoms with Crippen molar-refractivity contribution in [2.45, 2.75) is 11.8 Å². The van der Waals surface area contributed by atoms with Crippen LogP contribution in [-0.4, -0.2) is 27.6 Å². The van der Waals surface area contributed by atoms with Crippen LogP contribution in [0.2, 0.25) is 0 Å². The second kappa shape index (κ2) is 6.01. The summed E-state index contributed by atoms with van der Waals surface area (Å²) in [5, 5.41) is 0. The molecule has 0 unspecified atom stereocenters. The molecule has 0 aliphatic heterocycles. The third kappa shape index (κ3) is 3.43. The van der Waals surface area contributed by atoms with Crippen molar-refractivity contribution >= 4 is 15.8 Å². The van der Waals surface area contributed by atoms with Crippen LogP contribution in [-0.2, 0) is 10.0 Å². The van der Waals surface area contributed by atoms with Crippen molar-refractivity contribution in [3.8, 4) is 11.5 Å². The number of nitrogens with one attached hydrogen (secondary N) is 1. The third-order valence-electron chi connectivity index (χ3n) is 2.81. The molecule has 0 aliphatic rings. The highest BCUT2D eigenvalue weighted by Gasteiger charge is 2.21. The van der Waals surface area contributed by atoms with E-state index in [-0.39, 0.29) is 16.5 Å². The van der Waals surface area contributed by atoms with Gasteiger partial charge in [0.25, 0.3) is 10.0 Å². The molecule has 1 aromatic heterocycles. The topological polar surface area (TPSA) is 77.5 Å². The SMILES string of the molecule is COc1ccc(OC)c(S(=O)(=O)Nc2ccc(C)cn2)c1. The number of ether oxygens (including phenoxy) is 2. The molecule has 0 saturated heterocycles. The maximum absolute atomic E-state index is 12.4. The minimum atomic E-state index is -3.82. The maximum atomic E-state index is 12.4. The van der Waals surface area contributed by atoms with E-state index in [9.17, 15) is 8.42 Å². The molecular formula is C14H16N2O4S. The van der Waals surface area contributed by atoms with Gasteiger partial charge in [-0.1, -0.05) is 6.07 Å². The minimum absolute atomic E-state index is 0.00766. The van der Waals surface area contributed by atoms with Gasteiger partial charge in [0.1, 0.15) is 22.2 Å². The molecule has 0 saturated carbocycles. The van der Waals surface area contributed by atoms with Crippen LogP contribution in [0.5, 0.6) is 11.5 Å². The standard InChI is InChI=1S/C14H16N2O4S/c1-10-4-7-14(15-9-10)16-21(17,18)13-8-11(19-2)5-6-12(13)20-3/h4-9H,1-3H3,(H,15,16). The largest absolute Gasteiger partial charge is 0.497 e. The van der Waals surface area contributed by atoms with Crippen LogP contribution in [0, 0.1) is 6.92 Å². The molecule has 0 atom stereocenters. The number of sulfonamides is 1. The van der Waals surface area contributed by atoms with E-state index in [4.69, 9.17) is 9.47 Å². The summed E-state index contributed by atoms with van der Waals surface area (Å²) in [4.78, 5) is 4.02. The Morgan fingerprint density at radius 1 is 1.10 bits per heavy atom. The summed E-state index contributed by atoms with van der Waals surface area (Å²) in [5.41, 5.74) is 0.942. The van der Waals surface area contributed by atoms with Crippen LogP contribution in [0.3, 0.4) is 0 Å². The molecule has 21 heavy (non-hydrogen) atoms. The van der Waals surface area contributed by atoms with Gasteiger partial charge in [0, 0.05) is 12.3 Å². The molecular weight excluding hydrogens is 292 g/mol. The molecule has 1 heterocycles. The second-order valence-electron chi connectivity index (χ2n) is 4.34. The van der Waals surface area contributed by atoms with E-state index in [1.54, 1.807) is 24.4 Å². The van der Waals surface area contributed by atoms with Crippen molar-refractivity contribution < 1.29 is 17.9 Å². The number of nitrogens with zero attached hydrogens (tertiary/aromatic N) is 1. The van der Waals surface area contributed by atoms with Gasteiger partial charge < -0.3 is 9.47 Å². The van der Waals surface area contributed by atoms with Gasteiger partial charge in [-0.2, -0.15) is 0 Å². The first-order valence-electron chi connectivity index (χ1n) is 6.14. The molecule has 0 spiro atoms. The highest BCUT2D eigenvalue weighted by atomic mass is 32.2. The van der Waals surface area contributed by atoms with Crippen molar-refractivity contribution in [1.82, 2.24) is 4.98 Å². The first-order chi connectivity index (χ1) is 9.96. The monoisotopic (exact) mass is 308 g/mol. The average molecular weight is 308 g/mol. The third-order valence-corrected chi connectivity index (χ3v) is 4.19. The summed E-state index contributed by atoms with van der Waals surface area (Å²) in [7, 11) is -0.946. The molecule has 6 nitrogen and oxygen atoms in total. The number of aromatic nitrogens is 1. The number of aryl methyl sites for hydroxylation is 1. The van der Waals surface area contributed by atoms with Gasteiger partial charge in [0.15, 0.2) is 0 Å². The molecule has 0 amide bonds. The van der Waals surface area contributed by atoms with E-state index in [0.29, 0.717) is 5.75 Å². The first-order valence-corrected chi connectivity index (χ1v) is 7.62. The molecule has 112 valence electrons. The fraction of sp³-hybridized carbons (Fsp3) is 0.214. The Hall–Kier alpha value is -2.28. The van der Waals surface area contributed by atoms with Crippen LogP contribution in [0.15, 0.2) is 41.4 Å². The van der Waals surface area contributed by atoms with Crippen molar-refractivity contribution in [1.29, 1.82) is 0 Å². The number of anilines is 1. The van der Waals surface area contributed by atoms with Gasteiger partial charge in [0.05, 0.1) is 14.2 Å². The molecule has 2 rings (SSSR count). The van der Waals surface area contributed by atoms with Crippen molar-refractivity contribution in [2.75, 3.05) is 18.9 Å². The normalized spacial score (nSPS) is 11.0. The second-order valence-corrected chi connectivity index (χ2v) is 5.99. The fourth-order valence-corrected chi connectivity index (χ4v) is 2.91. The number of rotatable bonds is 5. The first kappa shape index (κ1) is 15.1. The van der Waals surface area contributed by atoms with E-state index in [0.717, 1.165) is 5.56 Å². The fourth-order valence-electron chi connectivity index (χ4n) is 1.71. The lowest BCUT2D eigenvalue weighted by atomic mass is 10.3. The number of pyridine rings is 1. The van der Waals surface area contributed by atoms with Crippen LogP contribution in [0.25, 0.3) is 0 Å². The zero-order valence-electron chi connectivity index (χ0n) is 12.0. The van der Waals surface area contributed by atoms with Gasteiger partial charge in [-0.3, -0.25) is 4.72 Å². The van der Waals surface area contributed by atoms with E-state index in [1.807, 2.05) is 6.92 Å². The Bertz CT molecular complexity index is 727. The number of benzene rings is 1. The Balaban J connectivity index is 2.41. The predicted octanol–water partition coefficient (Wildman–Crippen LogP) is 2.21. The quantitative estimate of drug-likeness (QED) is 0.916. The van der Waals surface area contributed by atoms with Gasteiger partial charge in [-0.25, -0.2) is 13.4 Å². The van der Waals surface area contributed by atoms with Crippen molar-refractivity contribution in [2.24, 2.45) is 0 Å². The van der Waals surface area contributed by atoms with E-state index in [2.05, 4.69) is 9.71 Å². The summed E-state index contributed by atoms with van der Waals surface area (Å²) in [6.45, 7) is 1.87. The molecule has 7 heteroatoms. The maximum Gasteiger partial charge on any atom is 0.266 e. The van der Waals surface area contributed by atoms with Crippen LogP contribution >= 0.6 is 0 Å². The Labute approximate surface area is 123 Å². The lowest BCUT2D eigenvalue weighted by Crippen LogP contribution is -2.15. The van der Waals surface area contributed by atoms with Gasteiger partial charge in [0.2, 0.25) is 0 Å². The lowest BCUT2D eigenvalue weighted by Gasteiger charge is -2.12. The van der Waals surface area contributed by atoms with Crippen molar-refractivity contribution in [3.05, 3.63) is 42.1 Å². The zero-order chi connectivity index (χ0) is 15.5.